The van der Waals surface area contributed by atoms with Gasteiger partial charge in [0.05, 0.1) is 5.56 Å². The highest BCUT2D eigenvalue weighted by atomic mass is 35.5. The van der Waals surface area contributed by atoms with Crippen LogP contribution in [0, 0.1) is 6.92 Å². The first-order valence-corrected chi connectivity index (χ1v) is 5.92. The van der Waals surface area contributed by atoms with Gasteiger partial charge in [0.2, 0.25) is 0 Å². The lowest BCUT2D eigenvalue weighted by atomic mass is 10.1. The molecule has 1 heterocycles. The van der Waals surface area contributed by atoms with E-state index in [0.717, 1.165) is 6.07 Å². The van der Waals surface area contributed by atoms with Crippen LogP contribution in [0.25, 0.3) is 11.4 Å². The summed E-state index contributed by atoms with van der Waals surface area (Å²) in [6.07, 6.45) is -4.50. The second-order valence-electron chi connectivity index (χ2n) is 3.80. The SMILES string of the molecule is Cc1c(Cl)nc(-c2ccccc2C(F)(F)F)nc1Cl. The highest BCUT2D eigenvalue weighted by Crippen LogP contribution is 2.36. The largest absolute Gasteiger partial charge is 0.417 e. The van der Waals surface area contributed by atoms with E-state index in [1.807, 2.05) is 0 Å². The summed E-state index contributed by atoms with van der Waals surface area (Å²) in [6.45, 7) is 1.59. The Morgan fingerprint density at radius 2 is 1.53 bits per heavy atom. The Morgan fingerprint density at radius 1 is 1.00 bits per heavy atom. The molecule has 0 unspecified atom stereocenters. The minimum atomic E-state index is -4.50. The molecule has 0 fully saturated rings. The van der Waals surface area contributed by atoms with Gasteiger partial charge in [-0.15, -0.1) is 0 Å². The van der Waals surface area contributed by atoms with Crippen LogP contribution in [0.15, 0.2) is 24.3 Å². The van der Waals surface area contributed by atoms with Crippen molar-refractivity contribution in [3.63, 3.8) is 0 Å². The highest BCUT2D eigenvalue weighted by molar-refractivity contribution is 6.34. The number of halogens is 5. The molecule has 0 N–H and O–H groups in total. The molecule has 0 aliphatic heterocycles. The maximum atomic E-state index is 12.9. The van der Waals surface area contributed by atoms with Crippen molar-refractivity contribution in [3.05, 3.63) is 45.7 Å². The van der Waals surface area contributed by atoms with Crippen LogP contribution >= 0.6 is 23.2 Å². The summed E-state index contributed by atoms with van der Waals surface area (Å²) >= 11 is 11.6. The van der Waals surface area contributed by atoms with Crippen molar-refractivity contribution in [2.45, 2.75) is 13.1 Å². The molecule has 100 valence electrons. The van der Waals surface area contributed by atoms with Crippen molar-refractivity contribution < 1.29 is 13.2 Å². The van der Waals surface area contributed by atoms with Crippen LogP contribution in [0.2, 0.25) is 10.3 Å². The minimum Gasteiger partial charge on any atom is -0.216 e. The van der Waals surface area contributed by atoms with Gasteiger partial charge in [0, 0.05) is 11.1 Å². The number of nitrogens with zero attached hydrogens (tertiary/aromatic N) is 2. The zero-order valence-corrected chi connectivity index (χ0v) is 11.1. The second-order valence-corrected chi connectivity index (χ2v) is 4.51. The van der Waals surface area contributed by atoms with Gasteiger partial charge < -0.3 is 0 Å². The standard InChI is InChI=1S/C12H7Cl2F3N2/c1-6-9(13)18-11(19-10(6)14)7-4-2-3-5-8(7)12(15,16)17/h2-5H,1H3. The van der Waals surface area contributed by atoms with Crippen LogP contribution < -0.4 is 0 Å². The van der Waals surface area contributed by atoms with E-state index in [2.05, 4.69) is 9.97 Å². The zero-order chi connectivity index (χ0) is 14.2. The molecule has 0 aliphatic carbocycles. The predicted molar refractivity (Wildman–Crippen MR) is 67.2 cm³/mol. The van der Waals surface area contributed by atoms with Gasteiger partial charge in [-0.25, -0.2) is 9.97 Å². The van der Waals surface area contributed by atoms with Crippen molar-refractivity contribution in [2.75, 3.05) is 0 Å². The van der Waals surface area contributed by atoms with Crippen LogP contribution in [0.1, 0.15) is 11.1 Å². The van der Waals surface area contributed by atoms with E-state index < -0.39 is 11.7 Å². The molecule has 0 bridgehead atoms. The summed E-state index contributed by atoms with van der Waals surface area (Å²) in [4.78, 5) is 7.70. The molecule has 0 saturated carbocycles. The Hall–Kier alpha value is -1.33. The normalized spacial score (nSPS) is 11.7. The summed E-state index contributed by atoms with van der Waals surface area (Å²) in [6, 6.07) is 5.00. The number of aromatic nitrogens is 2. The van der Waals surface area contributed by atoms with E-state index >= 15 is 0 Å². The van der Waals surface area contributed by atoms with Crippen molar-refractivity contribution in [1.82, 2.24) is 9.97 Å². The van der Waals surface area contributed by atoms with E-state index in [9.17, 15) is 13.2 Å². The molecule has 7 heteroatoms. The second kappa shape index (κ2) is 4.98. The zero-order valence-electron chi connectivity index (χ0n) is 9.59. The maximum absolute atomic E-state index is 12.9. The van der Waals surface area contributed by atoms with Gasteiger partial charge >= 0.3 is 6.18 Å². The summed E-state index contributed by atoms with van der Waals surface area (Å²) in [5.41, 5.74) is -0.554. The predicted octanol–water partition coefficient (Wildman–Crippen LogP) is 4.78. The van der Waals surface area contributed by atoms with Gasteiger partial charge in [-0.2, -0.15) is 13.2 Å². The lowest BCUT2D eigenvalue weighted by molar-refractivity contribution is -0.137. The summed E-state index contributed by atoms with van der Waals surface area (Å²) in [5.74, 6) is -0.145. The summed E-state index contributed by atoms with van der Waals surface area (Å²) in [7, 11) is 0. The van der Waals surface area contributed by atoms with Gasteiger partial charge in [-0.1, -0.05) is 41.4 Å². The Balaban J connectivity index is 2.67. The third kappa shape index (κ3) is 2.82. The third-order valence-electron chi connectivity index (χ3n) is 2.50. The molecule has 19 heavy (non-hydrogen) atoms. The molecule has 0 saturated heterocycles. The van der Waals surface area contributed by atoms with Crippen LogP contribution in [-0.4, -0.2) is 9.97 Å². The van der Waals surface area contributed by atoms with Crippen molar-refractivity contribution in [2.24, 2.45) is 0 Å². The number of rotatable bonds is 1. The van der Waals surface area contributed by atoms with Crippen molar-refractivity contribution in [3.8, 4) is 11.4 Å². The fourth-order valence-electron chi connectivity index (χ4n) is 1.51. The molecular formula is C12H7Cl2F3N2. The van der Waals surface area contributed by atoms with Gasteiger partial charge in [-0.05, 0) is 13.0 Å². The van der Waals surface area contributed by atoms with E-state index in [0.29, 0.717) is 5.56 Å². The van der Waals surface area contributed by atoms with E-state index in [-0.39, 0.29) is 21.7 Å². The molecule has 1 aromatic carbocycles. The Labute approximate surface area is 117 Å². The van der Waals surface area contributed by atoms with Gasteiger partial charge in [0.25, 0.3) is 0 Å². The van der Waals surface area contributed by atoms with E-state index in [1.54, 1.807) is 6.92 Å². The van der Waals surface area contributed by atoms with Crippen molar-refractivity contribution >= 4 is 23.2 Å². The number of hydrogen-bond donors (Lipinski definition) is 0. The molecule has 2 aromatic rings. The number of benzene rings is 1. The average molecular weight is 307 g/mol. The summed E-state index contributed by atoms with van der Waals surface area (Å²) in [5, 5.41) is 0.0685. The first-order valence-electron chi connectivity index (χ1n) is 5.17. The Kier molecular flexibility index (Phi) is 3.69. The first kappa shape index (κ1) is 14.1. The fraction of sp³-hybridized carbons (Fsp3) is 0.167. The topological polar surface area (TPSA) is 25.8 Å². The monoisotopic (exact) mass is 306 g/mol. The third-order valence-corrected chi connectivity index (χ3v) is 3.24. The lowest BCUT2D eigenvalue weighted by Crippen LogP contribution is -2.08. The Morgan fingerprint density at radius 3 is 2.05 bits per heavy atom. The average Bonchev–Trinajstić information content (AvgIpc) is 2.34. The smallest absolute Gasteiger partial charge is 0.216 e. The van der Waals surface area contributed by atoms with Gasteiger partial charge in [0.1, 0.15) is 10.3 Å². The molecule has 0 amide bonds. The van der Waals surface area contributed by atoms with Crippen LogP contribution in [0.3, 0.4) is 0 Å². The maximum Gasteiger partial charge on any atom is 0.417 e. The van der Waals surface area contributed by atoms with Crippen LogP contribution in [0.4, 0.5) is 13.2 Å². The van der Waals surface area contributed by atoms with E-state index in [4.69, 9.17) is 23.2 Å². The molecule has 0 spiro atoms. The number of alkyl halides is 3. The molecule has 0 atom stereocenters. The highest BCUT2D eigenvalue weighted by Gasteiger charge is 2.34. The summed E-state index contributed by atoms with van der Waals surface area (Å²) < 4.78 is 38.7. The molecular weight excluding hydrogens is 300 g/mol. The van der Waals surface area contributed by atoms with Gasteiger partial charge in [0.15, 0.2) is 5.82 Å². The molecule has 2 rings (SSSR count). The number of hydrogen-bond acceptors (Lipinski definition) is 2. The molecule has 2 nitrogen and oxygen atoms in total. The van der Waals surface area contributed by atoms with Gasteiger partial charge in [-0.3, -0.25) is 0 Å². The minimum absolute atomic E-state index is 0.0342. The van der Waals surface area contributed by atoms with E-state index in [1.165, 1.54) is 18.2 Å². The van der Waals surface area contributed by atoms with Crippen molar-refractivity contribution in [1.29, 1.82) is 0 Å². The Bertz CT molecular complexity index is 604. The van der Waals surface area contributed by atoms with Crippen LogP contribution in [0.5, 0.6) is 0 Å². The molecule has 0 radical (unpaired) electrons. The molecule has 1 aromatic heterocycles. The van der Waals surface area contributed by atoms with Crippen LogP contribution in [-0.2, 0) is 6.18 Å². The quantitative estimate of drug-likeness (QED) is 0.709. The fourth-order valence-corrected chi connectivity index (χ4v) is 1.90. The lowest BCUT2D eigenvalue weighted by Gasteiger charge is -2.12. The first-order chi connectivity index (χ1) is 8.80. The molecule has 0 aliphatic rings.